The first-order valence-electron chi connectivity index (χ1n) is 8.55. The van der Waals surface area contributed by atoms with Crippen LogP contribution in [-0.2, 0) is 20.0 Å². The van der Waals surface area contributed by atoms with E-state index in [1.807, 2.05) is 4.72 Å². The van der Waals surface area contributed by atoms with Crippen molar-refractivity contribution < 1.29 is 35.1 Å². The number of benzene rings is 1. The predicted molar refractivity (Wildman–Crippen MR) is 104 cm³/mol. The van der Waals surface area contributed by atoms with Crippen LogP contribution in [-0.4, -0.2) is 57.8 Å². The molecule has 3 rings (SSSR count). The van der Waals surface area contributed by atoms with Gasteiger partial charge in [0.2, 0.25) is 10.0 Å². The van der Waals surface area contributed by atoms with Gasteiger partial charge in [-0.2, -0.15) is 8.78 Å². The van der Waals surface area contributed by atoms with Crippen molar-refractivity contribution in [2.75, 3.05) is 18.8 Å². The second-order valence-corrected chi connectivity index (χ2v) is 11.4. The van der Waals surface area contributed by atoms with E-state index in [1.165, 1.54) is 4.31 Å². The molecule has 13 heteroatoms. The molecule has 1 aromatic carbocycles. The Hall–Kier alpha value is -1.70. The number of rotatable bonds is 7. The zero-order valence-electron chi connectivity index (χ0n) is 15.0. The number of carbonyl (C=O) groups excluding carboxylic acids is 1. The lowest BCUT2D eigenvalue weighted by Crippen LogP contribution is -2.36. The zero-order valence-corrected chi connectivity index (χ0v) is 17.4. The summed E-state index contributed by atoms with van der Waals surface area (Å²) in [5.74, 6) is -1.10. The minimum absolute atomic E-state index is 0.0446. The summed E-state index contributed by atoms with van der Waals surface area (Å²) in [6, 6.07) is 4.49. The Morgan fingerprint density at radius 1 is 1.14 bits per heavy atom. The van der Waals surface area contributed by atoms with Gasteiger partial charge in [-0.15, -0.1) is 11.8 Å². The number of alkyl halides is 2. The molecule has 29 heavy (non-hydrogen) atoms. The van der Waals surface area contributed by atoms with Gasteiger partial charge in [-0.1, -0.05) is 0 Å². The molecule has 2 heterocycles. The number of hydrogen-bond acceptors (Lipinski definition) is 7. The predicted octanol–water partition coefficient (Wildman–Crippen LogP) is 1.73. The fourth-order valence-electron chi connectivity index (χ4n) is 2.90. The highest BCUT2D eigenvalue weighted by atomic mass is 32.3. The van der Waals surface area contributed by atoms with Gasteiger partial charge in [-0.05, 0) is 43.2 Å². The molecule has 1 fully saturated rings. The summed E-state index contributed by atoms with van der Waals surface area (Å²) >= 11 is 0.839. The van der Waals surface area contributed by atoms with Crippen molar-refractivity contribution in [1.82, 2.24) is 9.03 Å². The van der Waals surface area contributed by atoms with Gasteiger partial charge in [0, 0.05) is 24.4 Å². The molecule has 0 spiro atoms. The molecule has 0 aromatic heterocycles. The van der Waals surface area contributed by atoms with Crippen LogP contribution in [0.3, 0.4) is 0 Å². The van der Waals surface area contributed by atoms with Gasteiger partial charge in [-0.3, -0.25) is 4.79 Å². The third-order valence-electron chi connectivity index (χ3n) is 4.35. The number of carbonyl (C=O) groups is 1. The van der Waals surface area contributed by atoms with Crippen LogP contribution < -0.4 is 9.46 Å². The van der Waals surface area contributed by atoms with E-state index in [2.05, 4.69) is 4.74 Å². The minimum atomic E-state index is -4.26. The van der Waals surface area contributed by atoms with E-state index in [9.17, 15) is 30.4 Å². The molecule has 0 aliphatic carbocycles. The lowest BCUT2D eigenvalue weighted by atomic mass is 10.2. The number of nitrogens with zero attached hydrogens (tertiary/aromatic N) is 1. The summed E-state index contributed by atoms with van der Waals surface area (Å²) in [6.45, 7) is -2.19. The SMILES string of the molecule is O=C(NS(=O)(=O)C1=CC(S(=O)(=O)N2CCCC2)CS1)c1ccc(OC(F)F)cc1. The molecule has 1 saturated heterocycles. The monoisotopic (exact) mass is 468 g/mol. The number of ether oxygens (including phenoxy) is 1. The Morgan fingerprint density at radius 3 is 2.34 bits per heavy atom. The topological polar surface area (TPSA) is 110 Å². The average molecular weight is 469 g/mol. The maximum atomic E-state index is 12.6. The Labute approximate surface area is 171 Å². The van der Waals surface area contributed by atoms with Crippen molar-refractivity contribution >= 4 is 37.7 Å². The molecule has 160 valence electrons. The molecule has 0 radical (unpaired) electrons. The van der Waals surface area contributed by atoms with Crippen LogP contribution >= 0.6 is 11.8 Å². The van der Waals surface area contributed by atoms with Crippen LogP contribution in [0.2, 0.25) is 0 Å². The first kappa shape index (κ1) is 22.0. The second-order valence-electron chi connectivity index (χ2n) is 6.32. The molecular weight excluding hydrogens is 450 g/mol. The highest BCUT2D eigenvalue weighted by Crippen LogP contribution is 2.34. The summed E-state index contributed by atoms with van der Waals surface area (Å²) in [5.41, 5.74) is -0.0833. The van der Waals surface area contributed by atoms with Crippen LogP contribution in [0, 0.1) is 0 Å². The summed E-state index contributed by atoms with van der Waals surface area (Å²) in [6.07, 6.45) is 2.68. The van der Waals surface area contributed by atoms with Gasteiger partial charge in [0.25, 0.3) is 15.9 Å². The molecule has 1 amide bonds. The van der Waals surface area contributed by atoms with E-state index in [-0.39, 0.29) is 21.3 Å². The van der Waals surface area contributed by atoms with Crippen molar-refractivity contribution in [2.24, 2.45) is 0 Å². The fourth-order valence-corrected chi connectivity index (χ4v) is 7.87. The molecule has 8 nitrogen and oxygen atoms in total. The third-order valence-corrected chi connectivity index (χ3v) is 9.79. The molecular formula is C16H18F2N2O6S3. The van der Waals surface area contributed by atoms with E-state index < -0.39 is 37.8 Å². The fraction of sp³-hybridized carbons (Fsp3) is 0.438. The Bertz CT molecular complexity index is 1000. The first-order valence-corrected chi connectivity index (χ1v) is 12.5. The number of sulfonamides is 2. The van der Waals surface area contributed by atoms with Gasteiger partial charge in [0.1, 0.15) is 15.2 Å². The van der Waals surface area contributed by atoms with Crippen molar-refractivity contribution in [1.29, 1.82) is 0 Å². The Kier molecular flexibility index (Phi) is 6.51. The summed E-state index contributed by atoms with van der Waals surface area (Å²) in [4.78, 5) is 12.2. The average Bonchev–Trinajstić information content (AvgIpc) is 3.34. The van der Waals surface area contributed by atoms with Gasteiger partial charge >= 0.3 is 6.61 Å². The second kappa shape index (κ2) is 8.58. The number of nitrogens with one attached hydrogen (secondary N) is 1. The molecule has 1 unspecified atom stereocenters. The third kappa shape index (κ3) is 5.08. The molecule has 1 N–H and O–H groups in total. The Balaban J connectivity index is 1.70. The number of halogens is 2. The highest BCUT2D eigenvalue weighted by molar-refractivity contribution is 8.18. The van der Waals surface area contributed by atoms with Crippen molar-refractivity contribution in [3.8, 4) is 5.75 Å². The van der Waals surface area contributed by atoms with Gasteiger partial charge < -0.3 is 4.74 Å². The maximum Gasteiger partial charge on any atom is 0.387 e. The first-order chi connectivity index (χ1) is 13.6. The molecule has 2 aliphatic heterocycles. The van der Waals surface area contributed by atoms with Crippen LogP contribution in [0.1, 0.15) is 23.2 Å². The smallest absolute Gasteiger partial charge is 0.387 e. The Morgan fingerprint density at radius 2 is 1.76 bits per heavy atom. The van der Waals surface area contributed by atoms with Crippen molar-refractivity contribution in [2.45, 2.75) is 24.7 Å². The summed E-state index contributed by atoms with van der Waals surface area (Å²) < 4.78 is 81.5. The molecule has 0 bridgehead atoms. The van der Waals surface area contributed by atoms with Gasteiger partial charge in [-0.25, -0.2) is 25.9 Å². The summed E-state index contributed by atoms with van der Waals surface area (Å²) in [5, 5.41) is -0.974. The van der Waals surface area contributed by atoms with Gasteiger partial charge in [0.05, 0.1) is 0 Å². The minimum Gasteiger partial charge on any atom is -0.435 e. The normalized spacial score (nSPS) is 20.7. The van der Waals surface area contributed by atoms with E-state index in [0.717, 1.165) is 54.9 Å². The van der Waals surface area contributed by atoms with Gasteiger partial charge in [0.15, 0.2) is 0 Å². The van der Waals surface area contributed by atoms with Crippen molar-refractivity contribution in [3.63, 3.8) is 0 Å². The number of amides is 1. The zero-order chi connectivity index (χ0) is 21.2. The quantitative estimate of drug-likeness (QED) is 0.649. The number of hydrogen-bond donors (Lipinski definition) is 1. The van der Waals surface area contributed by atoms with Crippen LogP contribution in [0.25, 0.3) is 0 Å². The van der Waals surface area contributed by atoms with E-state index in [1.54, 1.807) is 0 Å². The lowest BCUT2D eigenvalue weighted by Gasteiger charge is -2.18. The van der Waals surface area contributed by atoms with Crippen molar-refractivity contribution in [3.05, 3.63) is 40.1 Å². The highest BCUT2D eigenvalue weighted by Gasteiger charge is 2.38. The largest absolute Gasteiger partial charge is 0.435 e. The molecule has 2 aliphatic rings. The van der Waals surface area contributed by atoms with E-state index >= 15 is 0 Å². The standard InChI is InChI=1S/C16H18F2N2O6S3/c17-16(18)26-12-5-3-11(4-6-12)15(21)19-28(22,23)14-9-13(10-27-14)29(24,25)20-7-1-2-8-20/h3-6,9,13,16H,1-2,7-8,10H2,(H,19,21). The molecule has 1 atom stereocenters. The maximum absolute atomic E-state index is 12.6. The molecule has 1 aromatic rings. The van der Waals surface area contributed by atoms with Crippen LogP contribution in [0.15, 0.2) is 34.6 Å². The van der Waals surface area contributed by atoms with E-state index in [4.69, 9.17) is 0 Å². The van der Waals surface area contributed by atoms with Crippen LogP contribution in [0.5, 0.6) is 5.75 Å². The molecule has 0 saturated carbocycles. The lowest BCUT2D eigenvalue weighted by molar-refractivity contribution is -0.0498. The van der Waals surface area contributed by atoms with E-state index in [0.29, 0.717) is 13.1 Å². The summed E-state index contributed by atoms with van der Waals surface area (Å²) in [7, 11) is -7.91. The van der Waals surface area contributed by atoms with Crippen LogP contribution in [0.4, 0.5) is 8.78 Å². The number of thioether (sulfide) groups is 1.